The van der Waals surface area contributed by atoms with Crippen molar-refractivity contribution in [3.05, 3.63) is 47.7 Å². The minimum Gasteiger partial charge on any atom is -0.381 e. The molecule has 2 fully saturated rings. The Morgan fingerprint density at radius 3 is 2.67 bits per heavy atom. The van der Waals surface area contributed by atoms with Gasteiger partial charge in [0.2, 0.25) is 5.95 Å². The highest BCUT2D eigenvalue weighted by atomic mass is 16.5. The van der Waals surface area contributed by atoms with Crippen molar-refractivity contribution in [2.45, 2.75) is 31.7 Å². The Bertz CT molecular complexity index is 725. The molecule has 1 atom stereocenters. The number of hydrogen-bond acceptors (Lipinski definition) is 6. The van der Waals surface area contributed by atoms with Gasteiger partial charge in [-0.3, -0.25) is 4.90 Å². The van der Waals surface area contributed by atoms with Crippen LogP contribution in [0.2, 0.25) is 0 Å². The zero-order chi connectivity index (χ0) is 18.5. The van der Waals surface area contributed by atoms with Gasteiger partial charge in [0.25, 0.3) is 0 Å². The maximum atomic E-state index is 5.92. The van der Waals surface area contributed by atoms with Gasteiger partial charge in [-0.1, -0.05) is 30.3 Å². The van der Waals surface area contributed by atoms with E-state index in [1.165, 1.54) is 18.4 Å². The minimum absolute atomic E-state index is 0.345. The molecule has 1 unspecified atom stereocenters. The first-order chi connectivity index (χ1) is 13.3. The smallest absolute Gasteiger partial charge is 0.222 e. The maximum absolute atomic E-state index is 5.92. The summed E-state index contributed by atoms with van der Waals surface area (Å²) in [5, 5.41) is 3.49. The first kappa shape index (κ1) is 18.2. The number of ether oxygens (including phenoxy) is 1. The summed E-state index contributed by atoms with van der Waals surface area (Å²) < 4.78 is 5.47. The maximum Gasteiger partial charge on any atom is 0.222 e. The van der Waals surface area contributed by atoms with Crippen LogP contribution < -0.4 is 11.1 Å². The van der Waals surface area contributed by atoms with Crippen LogP contribution in [0.25, 0.3) is 0 Å². The van der Waals surface area contributed by atoms with E-state index >= 15 is 0 Å². The number of anilines is 2. The zero-order valence-corrected chi connectivity index (χ0v) is 15.8. The fraction of sp³-hybridized carbons (Fsp3) is 0.524. The molecule has 6 nitrogen and oxygen atoms in total. The van der Waals surface area contributed by atoms with Gasteiger partial charge in [0.05, 0.1) is 12.3 Å². The van der Waals surface area contributed by atoms with Crippen LogP contribution in [0.5, 0.6) is 0 Å². The number of rotatable bonds is 6. The SMILES string of the molecule is Nc1nc(NCC2CCN(Cc3ccccc3)CC2)cc(C2CCOC2)n1. The Morgan fingerprint density at radius 2 is 1.93 bits per heavy atom. The molecule has 2 aromatic rings. The standard InChI is InChI=1S/C21H29N5O/c22-21-24-19(18-8-11-27-15-18)12-20(25-21)23-13-16-6-9-26(10-7-16)14-17-4-2-1-3-5-17/h1-5,12,16,18H,6-11,13-15H2,(H3,22,23,24,25). The van der Waals surface area contributed by atoms with E-state index in [2.05, 4.69) is 50.5 Å². The normalized spacial score (nSPS) is 21.4. The highest BCUT2D eigenvalue weighted by molar-refractivity contribution is 5.41. The molecule has 0 bridgehead atoms. The molecule has 0 radical (unpaired) electrons. The van der Waals surface area contributed by atoms with Crippen LogP contribution in [0.15, 0.2) is 36.4 Å². The molecule has 2 aliphatic heterocycles. The van der Waals surface area contributed by atoms with Crippen LogP contribution in [0.3, 0.4) is 0 Å². The topological polar surface area (TPSA) is 76.3 Å². The van der Waals surface area contributed by atoms with Gasteiger partial charge in [-0.05, 0) is 43.8 Å². The molecule has 4 rings (SSSR count). The fourth-order valence-electron chi connectivity index (χ4n) is 3.99. The number of hydrogen-bond donors (Lipinski definition) is 2. The lowest BCUT2D eigenvalue weighted by molar-refractivity contribution is 0.182. The summed E-state index contributed by atoms with van der Waals surface area (Å²) in [5.41, 5.74) is 8.31. The molecule has 6 heteroatoms. The van der Waals surface area contributed by atoms with E-state index in [0.717, 1.165) is 57.3 Å². The Hall–Kier alpha value is -2.18. The van der Waals surface area contributed by atoms with Crippen molar-refractivity contribution < 1.29 is 4.74 Å². The summed E-state index contributed by atoms with van der Waals surface area (Å²) in [6.07, 6.45) is 3.43. The van der Waals surface area contributed by atoms with E-state index in [4.69, 9.17) is 10.5 Å². The summed E-state index contributed by atoms with van der Waals surface area (Å²) in [7, 11) is 0. The van der Waals surface area contributed by atoms with Crippen LogP contribution in [0, 0.1) is 5.92 Å². The van der Waals surface area contributed by atoms with Crippen LogP contribution in [0.1, 0.15) is 36.4 Å². The molecule has 144 valence electrons. The van der Waals surface area contributed by atoms with Crippen molar-refractivity contribution in [2.24, 2.45) is 5.92 Å². The quantitative estimate of drug-likeness (QED) is 0.818. The monoisotopic (exact) mass is 367 g/mol. The third kappa shape index (κ3) is 4.96. The molecular formula is C21H29N5O. The van der Waals surface area contributed by atoms with Gasteiger partial charge in [-0.15, -0.1) is 0 Å². The summed E-state index contributed by atoms with van der Waals surface area (Å²) >= 11 is 0. The lowest BCUT2D eigenvalue weighted by Gasteiger charge is -2.32. The summed E-state index contributed by atoms with van der Waals surface area (Å²) in [5.74, 6) is 2.21. The highest BCUT2D eigenvalue weighted by Crippen LogP contribution is 2.26. The third-order valence-corrected chi connectivity index (χ3v) is 5.64. The number of nitrogen functional groups attached to an aromatic ring is 1. The van der Waals surface area contributed by atoms with Crippen LogP contribution in [0.4, 0.5) is 11.8 Å². The second-order valence-electron chi connectivity index (χ2n) is 7.68. The van der Waals surface area contributed by atoms with Gasteiger partial charge in [0, 0.05) is 31.7 Å². The van der Waals surface area contributed by atoms with Crippen LogP contribution in [-0.2, 0) is 11.3 Å². The van der Waals surface area contributed by atoms with Crippen molar-refractivity contribution in [1.82, 2.24) is 14.9 Å². The molecule has 2 aliphatic rings. The van der Waals surface area contributed by atoms with Crippen LogP contribution >= 0.6 is 0 Å². The van der Waals surface area contributed by atoms with E-state index < -0.39 is 0 Å². The number of piperidine rings is 1. The average molecular weight is 367 g/mol. The number of nitrogens with zero attached hydrogens (tertiary/aromatic N) is 3. The summed E-state index contributed by atoms with van der Waals surface area (Å²) in [4.78, 5) is 11.3. The number of likely N-dealkylation sites (tertiary alicyclic amines) is 1. The largest absolute Gasteiger partial charge is 0.381 e. The highest BCUT2D eigenvalue weighted by Gasteiger charge is 2.22. The molecule has 2 saturated heterocycles. The number of aromatic nitrogens is 2. The fourth-order valence-corrected chi connectivity index (χ4v) is 3.99. The van der Waals surface area contributed by atoms with Gasteiger partial charge in [0.1, 0.15) is 5.82 Å². The molecule has 3 heterocycles. The molecule has 0 aliphatic carbocycles. The second-order valence-corrected chi connectivity index (χ2v) is 7.68. The summed E-state index contributed by atoms with van der Waals surface area (Å²) in [6.45, 7) is 5.83. The molecule has 1 aromatic heterocycles. The van der Waals surface area contributed by atoms with Gasteiger partial charge in [-0.25, -0.2) is 4.98 Å². The Morgan fingerprint density at radius 1 is 1.11 bits per heavy atom. The average Bonchev–Trinajstić information content (AvgIpc) is 3.23. The van der Waals surface area contributed by atoms with E-state index in [1.54, 1.807) is 0 Å². The van der Waals surface area contributed by atoms with Crippen molar-refractivity contribution in [3.63, 3.8) is 0 Å². The van der Waals surface area contributed by atoms with Crippen LogP contribution in [-0.4, -0.2) is 47.7 Å². The first-order valence-corrected chi connectivity index (χ1v) is 9.98. The first-order valence-electron chi connectivity index (χ1n) is 9.98. The lowest BCUT2D eigenvalue weighted by Crippen LogP contribution is -2.35. The Kier molecular flexibility index (Phi) is 5.84. The number of nitrogens with one attached hydrogen (secondary N) is 1. The van der Waals surface area contributed by atoms with Gasteiger partial charge in [0.15, 0.2) is 0 Å². The van der Waals surface area contributed by atoms with Gasteiger partial charge in [-0.2, -0.15) is 4.98 Å². The lowest BCUT2D eigenvalue weighted by atomic mass is 9.96. The van der Waals surface area contributed by atoms with Crippen molar-refractivity contribution >= 4 is 11.8 Å². The predicted octanol–water partition coefficient (Wildman–Crippen LogP) is 2.89. The minimum atomic E-state index is 0.345. The van der Waals surface area contributed by atoms with E-state index in [9.17, 15) is 0 Å². The molecule has 0 spiro atoms. The molecule has 27 heavy (non-hydrogen) atoms. The van der Waals surface area contributed by atoms with Gasteiger partial charge < -0.3 is 15.8 Å². The van der Waals surface area contributed by atoms with Gasteiger partial charge >= 0.3 is 0 Å². The molecular weight excluding hydrogens is 338 g/mol. The Labute approximate surface area is 161 Å². The third-order valence-electron chi connectivity index (χ3n) is 5.64. The predicted molar refractivity (Wildman–Crippen MR) is 108 cm³/mol. The second kappa shape index (κ2) is 8.67. The van der Waals surface area contributed by atoms with Crippen molar-refractivity contribution in [2.75, 3.05) is 43.9 Å². The van der Waals surface area contributed by atoms with E-state index in [0.29, 0.717) is 17.8 Å². The number of benzene rings is 1. The summed E-state index contributed by atoms with van der Waals surface area (Å²) in [6, 6.07) is 12.8. The molecule has 1 aromatic carbocycles. The molecule has 3 N–H and O–H groups in total. The van der Waals surface area contributed by atoms with E-state index in [1.807, 2.05) is 6.07 Å². The molecule has 0 amide bonds. The molecule has 0 saturated carbocycles. The Balaban J connectivity index is 1.26. The van der Waals surface area contributed by atoms with Crippen molar-refractivity contribution in [3.8, 4) is 0 Å². The number of nitrogens with two attached hydrogens (primary N) is 1. The van der Waals surface area contributed by atoms with Crippen molar-refractivity contribution in [1.29, 1.82) is 0 Å². The zero-order valence-electron chi connectivity index (χ0n) is 15.8. The van der Waals surface area contributed by atoms with E-state index in [-0.39, 0.29) is 0 Å².